The van der Waals surface area contributed by atoms with Gasteiger partial charge in [-0.15, -0.1) is 0 Å². The summed E-state index contributed by atoms with van der Waals surface area (Å²) < 4.78 is 5.93. The molecule has 0 unspecified atom stereocenters. The van der Waals surface area contributed by atoms with Gasteiger partial charge in [-0.25, -0.2) is 14.8 Å². The van der Waals surface area contributed by atoms with Gasteiger partial charge in [-0.3, -0.25) is 9.59 Å². The summed E-state index contributed by atoms with van der Waals surface area (Å²) in [4.78, 5) is 42.0. The molecule has 4 aromatic rings. The van der Waals surface area contributed by atoms with Crippen LogP contribution in [0.5, 0.6) is 0 Å². The lowest BCUT2D eigenvalue weighted by atomic mass is 9.86. The number of hydrogen-bond acceptors (Lipinski definition) is 6. The van der Waals surface area contributed by atoms with E-state index in [2.05, 4.69) is 39.6 Å². The molecule has 0 aliphatic carbocycles. The van der Waals surface area contributed by atoms with Crippen LogP contribution in [0.2, 0.25) is 5.02 Å². The number of aromatic carboxylic acids is 1. The van der Waals surface area contributed by atoms with Crippen molar-refractivity contribution < 1.29 is 23.9 Å². The van der Waals surface area contributed by atoms with Crippen LogP contribution in [0.25, 0.3) is 22.4 Å². The maximum absolute atomic E-state index is 12.3. The van der Waals surface area contributed by atoms with Crippen LogP contribution in [-0.2, 0) is 10.2 Å². The molecule has 1 N–H and O–H groups in total. The maximum Gasteiger partial charge on any atom is 0.354 e. The summed E-state index contributed by atoms with van der Waals surface area (Å²) in [6.07, 6.45) is 3.30. The number of carboxylic acids is 1. The number of nitrogens with zero attached hydrogens (tertiary/aromatic N) is 2. The maximum atomic E-state index is 12.3. The first-order chi connectivity index (χ1) is 21.8. The summed E-state index contributed by atoms with van der Waals surface area (Å²) in [6, 6.07) is 16.3. The van der Waals surface area contributed by atoms with Crippen molar-refractivity contribution in [1.82, 2.24) is 9.97 Å². The van der Waals surface area contributed by atoms with Gasteiger partial charge in [0.25, 0.3) is 0 Å². The number of aryl methyl sites for hydroxylation is 1. The lowest BCUT2D eigenvalue weighted by molar-refractivity contribution is -0.125. The van der Waals surface area contributed by atoms with E-state index in [1.165, 1.54) is 18.9 Å². The fourth-order valence-electron chi connectivity index (χ4n) is 3.95. The van der Waals surface area contributed by atoms with E-state index in [1.54, 1.807) is 25.1 Å². The number of benzene rings is 1. The molecule has 0 aliphatic heterocycles. The zero-order chi connectivity index (χ0) is 36.1. The molecule has 0 saturated carbocycles. The number of fused-ring (bicyclic) bond motifs is 1. The molecule has 0 saturated heterocycles. The first-order valence-corrected chi connectivity index (χ1v) is 16.6. The molecule has 256 valence electrons. The SMILES string of the molecule is CC(C)C(=O)c1cc2nc(-c3ccc(Cl)cc3)cc(C(C)(C)C)c2o1.CCC(=O)C(C)(C)C.CCCC.Cc1cccc(C(=O)O)n1. The lowest BCUT2D eigenvalue weighted by Gasteiger charge is -2.20. The Kier molecular flexibility index (Phi) is 16.2. The molecule has 3 aromatic heterocycles. The highest BCUT2D eigenvalue weighted by Gasteiger charge is 2.25. The molecule has 0 radical (unpaired) electrons. The lowest BCUT2D eigenvalue weighted by Crippen LogP contribution is -2.18. The number of unbranched alkanes of at least 4 members (excludes halogenated alkanes) is 1. The summed E-state index contributed by atoms with van der Waals surface area (Å²) in [5.41, 5.74) is 4.81. The topological polar surface area (TPSA) is 110 Å². The van der Waals surface area contributed by atoms with Crippen LogP contribution in [-0.4, -0.2) is 32.6 Å². The van der Waals surface area contributed by atoms with Gasteiger partial charge in [0.1, 0.15) is 17.0 Å². The van der Waals surface area contributed by atoms with Gasteiger partial charge in [0.15, 0.2) is 11.3 Å². The molecule has 0 aliphatic rings. The highest BCUT2D eigenvalue weighted by molar-refractivity contribution is 6.30. The predicted molar refractivity (Wildman–Crippen MR) is 194 cm³/mol. The molecule has 7 nitrogen and oxygen atoms in total. The molecule has 3 heterocycles. The minimum absolute atomic E-state index is 0.00842. The number of hydrogen-bond donors (Lipinski definition) is 1. The van der Waals surface area contributed by atoms with Gasteiger partial charge < -0.3 is 9.52 Å². The second kappa shape index (κ2) is 18.5. The Morgan fingerprint density at radius 2 is 1.45 bits per heavy atom. The van der Waals surface area contributed by atoms with Crippen molar-refractivity contribution in [3.05, 3.63) is 82.3 Å². The van der Waals surface area contributed by atoms with Gasteiger partial charge in [0, 0.05) is 45.7 Å². The van der Waals surface area contributed by atoms with Gasteiger partial charge in [0.05, 0.1) is 5.69 Å². The van der Waals surface area contributed by atoms with Crippen molar-refractivity contribution in [3.63, 3.8) is 0 Å². The Balaban J connectivity index is 0.000000410. The van der Waals surface area contributed by atoms with Crippen molar-refractivity contribution in [2.45, 2.75) is 108 Å². The van der Waals surface area contributed by atoms with E-state index in [1.807, 2.05) is 71.9 Å². The Labute approximate surface area is 286 Å². The number of pyridine rings is 2. The zero-order valence-electron chi connectivity index (χ0n) is 30.2. The van der Waals surface area contributed by atoms with E-state index < -0.39 is 5.97 Å². The molecule has 0 amide bonds. The Bertz CT molecular complexity index is 1610. The van der Waals surface area contributed by atoms with Gasteiger partial charge >= 0.3 is 5.97 Å². The number of rotatable bonds is 6. The molecule has 4 rings (SSSR count). The zero-order valence-corrected chi connectivity index (χ0v) is 31.0. The third-order valence-electron chi connectivity index (χ3n) is 6.96. The van der Waals surface area contributed by atoms with E-state index in [9.17, 15) is 14.4 Å². The number of carbonyl (C=O) groups excluding carboxylic acids is 2. The largest absolute Gasteiger partial charge is 0.477 e. The Morgan fingerprint density at radius 1 is 0.872 bits per heavy atom. The third kappa shape index (κ3) is 13.4. The first-order valence-electron chi connectivity index (χ1n) is 16.2. The van der Waals surface area contributed by atoms with Gasteiger partial charge in [0.2, 0.25) is 5.78 Å². The summed E-state index contributed by atoms with van der Waals surface area (Å²) in [7, 11) is 0. The van der Waals surface area contributed by atoms with Crippen molar-refractivity contribution in [3.8, 4) is 11.3 Å². The van der Waals surface area contributed by atoms with Crippen molar-refractivity contribution in [2.75, 3.05) is 0 Å². The smallest absolute Gasteiger partial charge is 0.354 e. The predicted octanol–water partition coefficient (Wildman–Crippen LogP) is 11.2. The standard InChI is InChI=1S/C21H22ClNO2.C7H7NO2.C7H14O.C4H10/c1-12(2)19(24)18-11-17-20(25-18)15(21(3,4)5)10-16(23-17)13-6-8-14(22)9-7-13;1-5-3-2-4-6(8-5)7(9)10;1-5-6(8)7(2,3)4;1-3-4-2/h6-12H,1-5H3;2-4H,1H3,(H,9,10);5H2,1-4H3;3-4H2,1-2H3. The summed E-state index contributed by atoms with van der Waals surface area (Å²) in [5, 5.41) is 9.14. The van der Waals surface area contributed by atoms with Crippen LogP contribution in [0.3, 0.4) is 0 Å². The quantitative estimate of drug-likeness (QED) is 0.204. The molecule has 1 aromatic carbocycles. The van der Waals surface area contributed by atoms with Gasteiger partial charge in [-0.2, -0.15) is 0 Å². The van der Waals surface area contributed by atoms with Crippen LogP contribution in [0.15, 0.2) is 59.0 Å². The fraction of sp³-hybridized carbons (Fsp3) is 0.462. The van der Waals surface area contributed by atoms with E-state index in [0.29, 0.717) is 34.1 Å². The number of carbonyl (C=O) groups is 3. The van der Waals surface area contributed by atoms with Crippen LogP contribution in [0.4, 0.5) is 0 Å². The molecule has 0 fully saturated rings. The minimum atomic E-state index is -0.983. The second-order valence-corrected chi connectivity index (χ2v) is 14.1. The Morgan fingerprint density at radius 3 is 1.83 bits per heavy atom. The average molecular weight is 665 g/mol. The summed E-state index contributed by atoms with van der Waals surface area (Å²) in [6.45, 7) is 24.0. The number of ketones is 2. The fourth-order valence-corrected chi connectivity index (χ4v) is 4.07. The van der Waals surface area contributed by atoms with Crippen LogP contribution in [0.1, 0.15) is 128 Å². The second-order valence-electron chi connectivity index (χ2n) is 13.7. The number of carboxylic acid groups (broad SMARTS) is 1. The van der Waals surface area contributed by atoms with Crippen LogP contribution >= 0.6 is 11.6 Å². The molecular formula is C39H53ClN2O5. The molecule has 0 spiro atoms. The summed E-state index contributed by atoms with van der Waals surface area (Å²) >= 11 is 5.99. The monoisotopic (exact) mass is 664 g/mol. The van der Waals surface area contributed by atoms with E-state index >= 15 is 0 Å². The first kappa shape index (κ1) is 41.2. The van der Waals surface area contributed by atoms with Gasteiger partial charge in [-0.05, 0) is 42.7 Å². The van der Waals surface area contributed by atoms with E-state index in [4.69, 9.17) is 26.1 Å². The van der Waals surface area contributed by atoms with Crippen molar-refractivity contribution in [1.29, 1.82) is 0 Å². The number of Topliss-reactive ketones (excluding diaryl/α,β-unsaturated/α-hetero) is 2. The number of aromatic nitrogens is 2. The molecule has 0 bridgehead atoms. The average Bonchev–Trinajstić information content (AvgIpc) is 3.44. The number of halogens is 1. The van der Waals surface area contributed by atoms with Crippen LogP contribution < -0.4 is 0 Å². The van der Waals surface area contributed by atoms with Gasteiger partial charge in [-0.1, -0.05) is 119 Å². The van der Waals surface area contributed by atoms with E-state index in [-0.39, 0.29) is 28.2 Å². The number of furan rings is 1. The van der Waals surface area contributed by atoms with Crippen molar-refractivity contribution in [2.24, 2.45) is 11.3 Å². The molecule has 0 atom stereocenters. The van der Waals surface area contributed by atoms with Crippen LogP contribution in [0, 0.1) is 18.3 Å². The van der Waals surface area contributed by atoms with Crippen molar-refractivity contribution >= 4 is 40.2 Å². The highest BCUT2D eigenvalue weighted by atomic mass is 35.5. The third-order valence-corrected chi connectivity index (χ3v) is 7.21. The normalized spacial score (nSPS) is 11.0. The minimum Gasteiger partial charge on any atom is -0.477 e. The Hall–Kier alpha value is -3.84. The highest BCUT2D eigenvalue weighted by Crippen LogP contribution is 2.35. The molecule has 8 heteroatoms. The molecule has 47 heavy (non-hydrogen) atoms. The summed E-state index contributed by atoms with van der Waals surface area (Å²) in [5.74, 6) is -0.405. The molecular weight excluding hydrogens is 612 g/mol. The van der Waals surface area contributed by atoms with E-state index in [0.717, 1.165) is 22.5 Å².